The maximum absolute atomic E-state index is 10.2. The fourth-order valence-corrected chi connectivity index (χ4v) is 4.66. The Labute approximate surface area is 191 Å². The number of nitrogens with two attached hydrogens (primary N) is 1. The van der Waals surface area contributed by atoms with Gasteiger partial charge in [-0.25, -0.2) is 0 Å². The first-order valence-corrected chi connectivity index (χ1v) is 10.4. The lowest BCUT2D eigenvalue weighted by molar-refractivity contribution is 0.0970. The van der Waals surface area contributed by atoms with Crippen LogP contribution < -0.4 is 10.5 Å². The van der Waals surface area contributed by atoms with E-state index < -0.39 is 17.3 Å². The van der Waals surface area contributed by atoms with E-state index in [1.165, 1.54) is 0 Å². The van der Waals surface area contributed by atoms with Gasteiger partial charge in [-0.2, -0.15) is 15.8 Å². The highest BCUT2D eigenvalue weighted by atomic mass is 35.5. The number of hydrogen-bond acceptors (Lipinski definition) is 6. The first kappa shape index (κ1) is 21.5. The van der Waals surface area contributed by atoms with Gasteiger partial charge >= 0.3 is 0 Å². The summed E-state index contributed by atoms with van der Waals surface area (Å²) in [7, 11) is 0. The minimum Gasteiger partial charge on any atom is -0.489 e. The number of allylic oxidation sites excluding steroid dienone is 2. The highest BCUT2D eigenvalue weighted by molar-refractivity contribution is 6.31. The van der Waals surface area contributed by atoms with E-state index in [1.54, 1.807) is 18.2 Å². The monoisotopic (exact) mass is 442 g/mol. The smallest absolute Gasteiger partial charge is 0.191 e. The molecule has 2 aromatic rings. The van der Waals surface area contributed by atoms with E-state index in [1.807, 2.05) is 36.4 Å². The van der Waals surface area contributed by atoms with Crippen LogP contribution in [0.25, 0.3) is 0 Å². The van der Waals surface area contributed by atoms with Crippen molar-refractivity contribution in [3.63, 3.8) is 0 Å². The molecule has 32 heavy (non-hydrogen) atoms. The fourth-order valence-electron chi connectivity index (χ4n) is 4.47. The quantitative estimate of drug-likeness (QED) is 0.751. The fraction of sp³-hybridized carbons (Fsp3) is 0.240. The number of benzene rings is 2. The number of ether oxygens (including phenoxy) is 2. The number of fused-ring (bicyclic) bond motifs is 1. The lowest BCUT2D eigenvalue weighted by atomic mass is 9.58. The van der Waals surface area contributed by atoms with Gasteiger partial charge in [0.25, 0.3) is 0 Å². The highest BCUT2D eigenvalue weighted by Gasteiger charge is 2.54. The normalized spacial score (nSPS) is 21.4. The van der Waals surface area contributed by atoms with Crippen molar-refractivity contribution in [2.45, 2.75) is 12.5 Å². The van der Waals surface area contributed by atoms with Crippen molar-refractivity contribution < 1.29 is 9.47 Å². The largest absolute Gasteiger partial charge is 0.489 e. The lowest BCUT2D eigenvalue weighted by Gasteiger charge is -2.43. The van der Waals surface area contributed by atoms with E-state index in [-0.39, 0.29) is 24.5 Å². The second-order valence-corrected chi connectivity index (χ2v) is 8.04. The van der Waals surface area contributed by atoms with Crippen molar-refractivity contribution >= 4 is 11.6 Å². The van der Waals surface area contributed by atoms with Crippen LogP contribution in [0.1, 0.15) is 17.0 Å². The van der Waals surface area contributed by atoms with Crippen molar-refractivity contribution in [1.82, 2.24) is 0 Å². The van der Waals surface area contributed by atoms with Crippen LogP contribution in [0.5, 0.6) is 5.75 Å². The molecular weight excluding hydrogens is 424 g/mol. The maximum Gasteiger partial charge on any atom is 0.191 e. The number of halogens is 1. The molecule has 0 radical (unpaired) electrons. The van der Waals surface area contributed by atoms with Gasteiger partial charge in [0.05, 0.1) is 36.6 Å². The molecular formula is C25H19ClN4O2. The summed E-state index contributed by atoms with van der Waals surface area (Å²) >= 11 is 6.27. The number of nitriles is 3. The first-order valence-electron chi connectivity index (χ1n) is 10.0. The highest BCUT2D eigenvalue weighted by Crippen LogP contribution is 2.55. The summed E-state index contributed by atoms with van der Waals surface area (Å²) in [5, 5.41) is 30.7. The Bertz CT molecular complexity index is 1230. The molecule has 2 aromatic carbocycles. The molecule has 0 spiro atoms. The van der Waals surface area contributed by atoms with Gasteiger partial charge in [-0.3, -0.25) is 0 Å². The second kappa shape index (κ2) is 8.77. The van der Waals surface area contributed by atoms with Gasteiger partial charge in [-0.15, -0.1) is 0 Å². The topological polar surface area (TPSA) is 116 Å². The Morgan fingerprint density at radius 2 is 1.81 bits per heavy atom. The summed E-state index contributed by atoms with van der Waals surface area (Å²) in [4.78, 5) is 0. The van der Waals surface area contributed by atoms with Crippen LogP contribution >= 0.6 is 11.6 Å². The third kappa shape index (κ3) is 3.39. The van der Waals surface area contributed by atoms with Crippen LogP contribution in [0.3, 0.4) is 0 Å². The zero-order chi connectivity index (χ0) is 22.7. The summed E-state index contributed by atoms with van der Waals surface area (Å²) in [6.07, 6.45) is 1.80. The molecule has 158 valence electrons. The van der Waals surface area contributed by atoms with E-state index in [2.05, 4.69) is 18.2 Å². The van der Waals surface area contributed by atoms with E-state index in [0.29, 0.717) is 28.5 Å². The zero-order valence-corrected chi connectivity index (χ0v) is 17.8. The van der Waals surface area contributed by atoms with Crippen LogP contribution in [0.2, 0.25) is 5.02 Å². The second-order valence-electron chi connectivity index (χ2n) is 7.63. The molecule has 1 aliphatic heterocycles. The number of hydrogen-bond donors (Lipinski definition) is 1. The van der Waals surface area contributed by atoms with E-state index >= 15 is 0 Å². The number of nitrogens with zero attached hydrogens (tertiary/aromatic N) is 3. The molecule has 1 aliphatic carbocycles. The van der Waals surface area contributed by atoms with Crippen molar-refractivity contribution in [3.05, 3.63) is 87.6 Å². The van der Waals surface area contributed by atoms with Crippen LogP contribution in [-0.2, 0) is 11.3 Å². The SMILES string of the molecule is N#CC1=C(N)C(C#N)(C#N)C(c2ccccc2OCc2ccccc2Cl)C2COCC=C12. The summed E-state index contributed by atoms with van der Waals surface area (Å²) < 4.78 is 11.8. The van der Waals surface area contributed by atoms with Gasteiger partial charge in [0.2, 0.25) is 0 Å². The van der Waals surface area contributed by atoms with Crippen LogP contribution in [0.4, 0.5) is 0 Å². The average Bonchev–Trinajstić information content (AvgIpc) is 2.83. The van der Waals surface area contributed by atoms with E-state index in [0.717, 1.165) is 5.56 Å². The number of para-hydroxylation sites is 1. The maximum atomic E-state index is 10.2. The van der Waals surface area contributed by atoms with Crippen LogP contribution in [0, 0.1) is 45.3 Å². The molecule has 4 rings (SSSR count). The Balaban J connectivity index is 1.84. The summed E-state index contributed by atoms with van der Waals surface area (Å²) in [5.74, 6) is -0.552. The van der Waals surface area contributed by atoms with Crippen molar-refractivity contribution in [3.8, 4) is 24.0 Å². The molecule has 0 saturated carbocycles. The van der Waals surface area contributed by atoms with Crippen molar-refractivity contribution in [2.75, 3.05) is 13.2 Å². The number of rotatable bonds is 4. The Hall–Kier alpha value is -3.76. The zero-order valence-electron chi connectivity index (χ0n) is 17.1. The lowest BCUT2D eigenvalue weighted by Crippen LogP contribution is -2.44. The van der Waals surface area contributed by atoms with Crippen LogP contribution in [0.15, 0.2) is 71.5 Å². The third-order valence-corrected chi connectivity index (χ3v) is 6.40. The molecule has 6 nitrogen and oxygen atoms in total. The molecule has 0 saturated heterocycles. The Morgan fingerprint density at radius 1 is 1.09 bits per heavy atom. The van der Waals surface area contributed by atoms with E-state index in [9.17, 15) is 15.8 Å². The standard InChI is InChI=1S/C25H19ClN4O2/c26-21-7-3-1-5-16(21)12-32-22-8-4-2-6-18(22)23-20-13-31-10-9-17(20)19(11-27)24(30)25(23,14-28)15-29/h1-9,20,23H,10,12-13,30H2. The van der Waals surface area contributed by atoms with Gasteiger partial charge in [-0.05, 0) is 17.7 Å². The van der Waals surface area contributed by atoms with Gasteiger partial charge in [0.1, 0.15) is 18.4 Å². The predicted octanol–water partition coefficient (Wildman–Crippen LogP) is 4.36. The first-order chi connectivity index (χ1) is 15.6. The van der Waals surface area contributed by atoms with Crippen LogP contribution in [-0.4, -0.2) is 13.2 Å². The summed E-state index contributed by atoms with van der Waals surface area (Å²) in [6, 6.07) is 21.0. The molecule has 2 aliphatic rings. The van der Waals surface area contributed by atoms with Crippen molar-refractivity contribution in [2.24, 2.45) is 17.1 Å². The van der Waals surface area contributed by atoms with Gasteiger partial charge in [-0.1, -0.05) is 54.1 Å². The van der Waals surface area contributed by atoms with Gasteiger partial charge < -0.3 is 15.2 Å². The Morgan fingerprint density at radius 3 is 2.53 bits per heavy atom. The van der Waals surface area contributed by atoms with E-state index in [4.69, 9.17) is 26.8 Å². The summed E-state index contributed by atoms with van der Waals surface area (Å²) in [6.45, 7) is 0.820. The molecule has 0 aromatic heterocycles. The molecule has 2 atom stereocenters. The van der Waals surface area contributed by atoms with Gasteiger partial charge in [0.15, 0.2) is 5.41 Å². The van der Waals surface area contributed by atoms with Crippen molar-refractivity contribution in [1.29, 1.82) is 15.8 Å². The molecule has 0 bridgehead atoms. The molecule has 0 amide bonds. The molecule has 2 unspecified atom stereocenters. The average molecular weight is 443 g/mol. The third-order valence-electron chi connectivity index (χ3n) is 6.03. The minimum atomic E-state index is -1.74. The molecule has 0 fully saturated rings. The molecule has 2 N–H and O–H groups in total. The minimum absolute atomic E-state index is 0.0275. The Kier molecular flexibility index (Phi) is 5.89. The molecule has 1 heterocycles. The summed E-state index contributed by atoms with van der Waals surface area (Å²) in [5.41, 5.74) is 6.93. The predicted molar refractivity (Wildman–Crippen MR) is 118 cm³/mol. The molecule has 7 heteroatoms. The van der Waals surface area contributed by atoms with Gasteiger partial charge in [0, 0.05) is 28.0 Å².